The molecule has 2 heterocycles. The standard InChI is InChI=1S/C9H13N3O5S/c10-4-1-2-12(8(16)11-4)7-5(14)6(15)9(17,3-13)18-7/h1-2,5-7,13-15,17H,3H2,(H2,10,11,16)/t5-,6+,7-,9+/m1/s1. The Morgan fingerprint density at radius 2 is 2.22 bits per heavy atom. The molecule has 4 atom stereocenters. The lowest BCUT2D eigenvalue weighted by Crippen LogP contribution is -2.43. The minimum absolute atomic E-state index is 0.0340. The van der Waals surface area contributed by atoms with Gasteiger partial charge in [0.25, 0.3) is 0 Å². The Labute approximate surface area is 106 Å². The summed E-state index contributed by atoms with van der Waals surface area (Å²) in [6.45, 7) is -0.746. The van der Waals surface area contributed by atoms with E-state index in [1.54, 1.807) is 0 Å². The van der Waals surface area contributed by atoms with Gasteiger partial charge in [-0.1, -0.05) is 11.8 Å². The van der Waals surface area contributed by atoms with Gasteiger partial charge in [-0.25, -0.2) is 4.79 Å². The highest BCUT2D eigenvalue weighted by Crippen LogP contribution is 2.47. The Morgan fingerprint density at radius 3 is 2.72 bits per heavy atom. The molecule has 100 valence electrons. The first kappa shape index (κ1) is 13.3. The minimum Gasteiger partial charge on any atom is -0.392 e. The van der Waals surface area contributed by atoms with Gasteiger partial charge in [0.15, 0.2) is 4.93 Å². The van der Waals surface area contributed by atoms with Crippen LogP contribution in [0, 0.1) is 0 Å². The Hall–Kier alpha value is -1.13. The van der Waals surface area contributed by atoms with Crippen molar-refractivity contribution in [2.45, 2.75) is 22.5 Å². The molecule has 0 amide bonds. The maximum absolute atomic E-state index is 11.6. The maximum atomic E-state index is 11.6. The third kappa shape index (κ3) is 1.99. The van der Waals surface area contributed by atoms with Gasteiger partial charge in [-0.15, -0.1) is 0 Å². The third-order valence-electron chi connectivity index (χ3n) is 2.75. The van der Waals surface area contributed by atoms with Crippen molar-refractivity contribution < 1.29 is 20.4 Å². The van der Waals surface area contributed by atoms with Crippen LogP contribution in [0.2, 0.25) is 0 Å². The molecule has 1 aliphatic rings. The molecule has 1 saturated heterocycles. The fourth-order valence-corrected chi connectivity index (χ4v) is 3.08. The smallest absolute Gasteiger partial charge is 0.350 e. The molecular formula is C9H13N3O5S. The van der Waals surface area contributed by atoms with Gasteiger partial charge in [0.1, 0.15) is 23.4 Å². The first-order chi connectivity index (χ1) is 8.39. The van der Waals surface area contributed by atoms with Crippen LogP contribution in [0.4, 0.5) is 5.82 Å². The number of aliphatic hydroxyl groups is 4. The number of hydrogen-bond acceptors (Lipinski definition) is 8. The fourth-order valence-electron chi connectivity index (χ4n) is 1.74. The van der Waals surface area contributed by atoms with Crippen LogP contribution in [0.5, 0.6) is 0 Å². The number of aromatic nitrogens is 2. The average molecular weight is 275 g/mol. The Balaban J connectivity index is 2.38. The molecule has 6 N–H and O–H groups in total. The third-order valence-corrected chi connectivity index (χ3v) is 4.28. The van der Waals surface area contributed by atoms with Gasteiger partial charge in [-0.05, 0) is 6.07 Å². The first-order valence-electron chi connectivity index (χ1n) is 5.11. The molecule has 1 aromatic rings. The average Bonchev–Trinajstić information content (AvgIpc) is 2.55. The van der Waals surface area contributed by atoms with Crippen LogP contribution in [0.25, 0.3) is 0 Å². The molecule has 1 aliphatic heterocycles. The maximum Gasteiger partial charge on any atom is 0.350 e. The second-order valence-corrected chi connectivity index (χ2v) is 5.41. The van der Waals surface area contributed by atoms with Gasteiger partial charge in [-0.2, -0.15) is 4.98 Å². The number of rotatable bonds is 2. The van der Waals surface area contributed by atoms with E-state index in [0.717, 1.165) is 4.57 Å². The van der Waals surface area contributed by atoms with E-state index in [0.29, 0.717) is 11.8 Å². The van der Waals surface area contributed by atoms with Crippen LogP contribution in [-0.2, 0) is 0 Å². The number of nitrogens with zero attached hydrogens (tertiary/aromatic N) is 2. The summed E-state index contributed by atoms with van der Waals surface area (Å²) < 4.78 is 1.04. The van der Waals surface area contributed by atoms with Crippen molar-refractivity contribution in [3.05, 3.63) is 22.7 Å². The molecule has 8 nitrogen and oxygen atoms in total. The predicted octanol–water partition coefficient (Wildman–Crippen LogP) is -2.53. The van der Waals surface area contributed by atoms with Crippen molar-refractivity contribution in [2.24, 2.45) is 0 Å². The second kappa shape index (κ2) is 4.52. The zero-order valence-corrected chi connectivity index (χ0v) is 9.99. The molecule has 0 spiro atoms. The van der Waals surface area contributed by atoms with Gasteiger partial charge in [0.2, 0.25) is 0 Å². The molecule has 1 aromatic heterocycles. The highest BCUT2D eigenvalue weighted by atomic mass is 32.2. The summed E-state index contributed by atoms with van der Waals surface area (Å²) in [5.41, 5.74) is 4.63. The highest BCUT2D eigenvalue weighted by molar-refractivity contribution is 8.00. The van der Waals surface area contributed by atoms with Crippen molar-refractivity contribution in [3.63, 3.8) is 0 Å². The number of nitrogens with two attached hydrogens (primary N) is 1. The van der Waals surface area contributed by atoms with Crippen LogP contribution in [0.15, 0.2) is 17.1 Å². The summed E-state index contributed by atoms with van der Waals surface area (Å²) >= 11 is 0.690. The largest absolute Gasteiger partial charge is 0.392 e. The highest BCUT2D eigenvalue weighted by Gasteiger charge is 2.53. The minimum atomic E-state index is -1.91. The zero-order valence-electron chi connectivity index (χ0n) is 9.17. The van der Waals surface area contributed by atoms with E-state index >= 15 is 0 Å². The van der Waals surface area contributed by atoms with Crippen LogP contribution < -0.4 is 11.4 Å². The number of nitrogen functional groups attached to an aromatic ring is 1. The number of aliphatic hydroxyl groups excluding tert-OH is 3. The monoisotopic (exact) mass is 275 g/mol. The number of anilines is 1. The molecule has 0 aliphatic carbocycles. The fraction of sp³-hybridized carbons (Fsp3) is 0.556. The van der Waals surface area contributed by atoms with Gasteiger partial charge in [-0.3, -0.25) is 4.57 Å². The van der Waals surface area contributed by atoms with Crippen LogP contribution >= 0.6 is 11.8 Å². The number of thioether (sulfide) groups is 1. The molecule has 0 radical (unpaired) electrons. The topological polar surface area (TPSA) is 142 Å². The lowest BCUT2D eigenvalue weighted by Gasteiger charge is -2.22. The lowest BCUT2D eigenvalue weighted by atomic mass is 10.1. The summed E-state index contributed by atoms with van der Waals surface area (Å²) in [4.78, 5) is 13.2. The van der Waals surface area contributed by atoms with E-state index in [9.17, 15) is 20.1 Å². The zero-order chi connectivity index (χ0) is 13.5. The summed E-state index contributed by atoms with van der Waals surface area (Å²) in [7, 11) is 0. The molecule has 2 rings (SSSR count). The predicted molar refractivity (Wildman–Crippen MR) is 63.6 cm³/mol. The molecule has 1 fully saturated rings. The Morgan fingerprint density at radius 1 is 1.56 bits per heavy atom. The molecule has 18 heavy (non-hydrogen) atoms. The quantitative estimate of drug-likeness (QED) is 0.398. The van der Waals surface area contributed by atoms with E-state index in [4.69, 9.17) is 10.8 Å². The molecule has 0 unspecified atom stereocenters. The van der Waals surface area contributed by atoms with Gasteiger partial charge >= 0.3 is 5.69 Å². The molecule has 9 heteroatoms. The van der Waals surface area contributed by atoms with Crippen molar-refractivity contribution >= 4 is 17.6 Å². The number of hydrogen-bond donors (Lipinski definition) is 5. The summed E-state index contributed by atoms with van der Waals surface area (Å²) in [5, 5.41) is 37.4. The normalized spacial score (nSPS) is 35.9. The summed E-state index contributed by atoms with van der Waals surface area (Å²) in [6, 6.07) is 1.36. The van der Waals surface area contributed by atoms with E-state index in [1.807, 2.05) is 0 Å². The van der Waals surface area contributed by atoms with E-state index in [-0.39, 0.29) is 5.82 Å². The molecule has 0 aromatic carbocycles. The van der Waals surface area contributed by atoms with Gasteiger partial charge < -0.3 is 26.2 Å². The van der Waals surface area contributed by atoms with E-state index in [2.05, 4.69) is 4.98 Å². The summed E-state index contributed by atoms with van der Waals surface area (Å²) in [5.74, 6) is 0.0340. The summed E-state index contributed by atoms with van der Waals surface area (Å²) in [6.07, 6.45) is -1.67. The molecule has 0 bridgehead atoms. The molecule has 0 saturated carbocycles. The van der Waals surface area contributed by atoms with Crippen molar-refractivity contribution in [2.75, 3.05) is 12.3 Å². The van der Waals surface area contributed by atoms with Crippen molar-refractivity contribution in [1.82, 2.24) is 9.55 Å². The Bertz CT molecular complexity index is 509. The molecular weight excluding hydrogens is 262 g/mol. The SMILES string of the molecule is Nc1ccn([C@@H]2S[C@@](O)(CO)[C@@H](O)[C@H]2O)c(=O)n1. The first-order valence-corrected chi connectivity index (χ1v) is 5.99. The van der Waals surface area contributed by atoms with Gasteiger partial charge in [0.05, 0.1) is 6.61 Å². The van der Waals surface area contributed by atoms with Gasteiger partial charge in [0, 0.05) is 6.20 Å². The second-order valence-electron chi connectivity index (χ2n) is 3.99. The Kier molecular flexibility index (Phi) is 3.34. The van der Waals surface area contributed by atoms with Crippen molar-refractivity contribution in [1.29, 1.82) is 0 Å². The lowest BCUT2D eigenvalue weighted by molar-refractivity contribution is -0.0850. The van der Waals surface area contributed by atoms with E-state index in [1.165, 1.54) is 12.3 Å². The van der Waals surface area contributed by atoms with Crippen LogP contribution in [0.1, 0.15) is 5.37 Å². The van der Waals surface area contributed by atoms with E-state index < -0.39 is 34.8 Å². The van der Waals surface area contributed by atoms with Crippen LogP contribution in [0.3, 0.4) is 0 Å². The van der Waals surface area contributed by atoms with Crippen LogP contribution in [-0.4, -0.2) is 53.7 Å². The van der Waals surface area contributed by atoms with Crippen molar-refractivity contribution in [3.8, 4) is 0 Å².